The van der Waals surface area contributed by atoms with Gasteiger partial charge < -0.3 is 15.3 Å². The molecule has 0 aliphatic carbocycles. The molecule has 1 amide bonds. The number of halogens is 2. The lowest BCUT2D eigenvalue weighted by Crippen LogP contribution is -2.48. The molecule has 0 saturated carbocycles. The fourth-order valence-electron chi connectivity index (χ4n) is 4.79. The number of nitrogens with one attached hydrogen (secondary N) is 1. The summed E-state index contributed by atoms with van der Waals surface area (Å²) in [5.41, 5.74) is 2.99. The molecule has 2 aromatic heterocycles. The first-order chi connectivity index (χ1) is 16.2. The van der Waals surface area contributed by atoms with Gasteiger partial charge in [-0.25, -0.2) is 13.8 Å². The molecule has 8 heteroatoms. The van der Waals surface area contributed by atoms with Crippen LogP contribution in [0.15, 0.2) is 42.6 Å². The first kappa shape index (κ1) is 22.4. The number of hydrogen-bond acceptors (Lipinski definition) is 5. The van der Waals surface area contributed by atoms with Gasteiger partial charge in [0.15, 0.2) is 0 Å². The number of hydrogen-bond donors (Lipinski definition) is 2. The van der Waals surface area contributed by atoms with Crippen LogP contribution >= 0.6 is 0 Å². The lowest BCUT2D eigenvalue weighted by molar-refractivity contribution is 0.0336. The molecule has 3 aromatic rings. The van der Waals surface area contributed by atoms with E-state index in [1.54, 1.807) is 12.3 Å². The van der Waals surface area contributed by atoms with Gasteiger partial charge in [0.05, 0.1) is 47.0 Å². The van der Waals surface area contributed by atoms with E-state index in [0.717, 1.165) is 24.5 Å². The molecule has 5 rings (SSSR count). The lowest BCUT2D eigenvalue weighted by Gasteiger charge is -2.42. The smallest absolute Gasteiger partial charge is 0.253 e. The van der Waals surface area contributed by atoms with Crippen LogP contribution in [0.2, 0.25) is 0 Å². The molecule has 2 aliphatic heterocycles. The second-order valence-corrected chi connectivity index (χ2v) is 9.67. The predicted molar refractivity (Wildman–Crippen MR) is 124 cm³/mol. The van der Waals surface area contributed by atoms with Gasteiger partial charge >= 0.3 is 0 Å². The van der Waals surface area contributed by atoms with Gasteiger partial charge in [0.25, 0.3) is 5.91 Å². The Morgan fingerprint density at radius 2 is 1.94 bits per heavy atom. The molecule has 0 radical (unpaired) electrons. The first-order valence-corrected chi connectivity index (χ1v) is 11.4. The number of carbonyl (C=O) groups excluding carboxylic acids is 1. The van der Waals surface area contributed by atoms with E-state index < -0.39 is 11.6 Å². The van der Waals surface area contributed by atoms with Crippen LogP contribution in [0.3, 0.4) is 0 Å². The molecule has 1 atom stereocenters. The van der Waals surface area contributed by atoms with Crippen LogP contribution in [0.1, 0.15) is 47.6 Å². The molecule has 176 valence electrons. The highest BCUT2D eigenvalue weighted by Crippen LogP contribution is 2.33. The highest BCUT2D eigenvalue weighted by atomic mass is 19.1. The zero-order chi connectivity index (χ0) is 24.0. The van der Waals surface area contributed by atoms with Crippen LogP contribution in [0.25, 0.3) is 11.3 Å². The highest BCUT2D eigenvalue weighted by Gasteiger charge is 2.34. The van der Waals surface area contributed by atoms with Crippen LogP contribution < -0.4 is 10.2 Å². The summed E-state index contributed by atoms with van der Waals surface area (Å²) in [4.78, 5) is 23.6. The molecule has 2 N–H and O–H groups in total. The van der Waals surface area contributed by atoms with Crippen LogP contribution in [-0.2, 0) is 13.0 Å². The fraction of sp³-hybridized carbons (Fsp3) is 0.346. The number of pyridine rings is 2. The average molecular weight is 465 g/mol. The Bertz CT molecular complexity index is 1240. The molecule has 1 aromatic carbocycles. The number of aliphatic hydroxyl groups is 1. The van der Waals surface area contributed by atoms with Crippen molar-refractivity contribution in [2.75, 3.05) is 18.0 Å². The highest BCUT2D eigenvalue weighted by molar-refractivity contribution is 5.99. The van der Waals surface area contributed by atoms with Crippen LogP contribution in [0, 0.1) is 17.0 Å². The van der Waals surface area contributed by atoms with Gasteiger partial charge in [-0.1, -0.05) is 19.9 Å². The van der Waals surface area contributed by atoms with Crippen molar-refractivity contribution in [3.63, 3.8) is 0 Å². The molecule has 6 nitrogen and oxygen atoms in total. The van der Waals surface area contributed by atoms with E-state index in [1.807, 2.05) is 12.1 Å². The minimum Gasteiger partial charge on any atom is -0.392 e. The van der Waals surface area contributed by atoms with Crippen molar-refractivity contribution in [3.05, 3.63) is 76.7 Å². The van der Waals surface area contributed by atoms with Crippen molar-refractivity contribution in [1.29, 1.82) is 0 Å². The number of aliphatic hydroxyl groups excluding tert-OH is 1. The maximum Gasteiger partial charge on any atom is 0.253 e. The zero-order valence-electron chi connectivity index (χ0n) is 19.1. The average Bonchev–Trinajstić information content (AvgIpc) is 3.17. The van der Waals surface area contributed by atoms with Crippen molar-refractivity contribution in [2.24, 2.45) is 5.41 Å². The Hall–Kier alpha value is -3.39. The number of aromatic nitrogens is 2. The van der Waals surface area contributed by atoms with E-state index in [1.165, 1.54) is 18.2 Å². The van der Waals surface area contributed by atoms with Crippen LogP contribution in [0.5, 0.6) is 0 Å². The monoisotopic (exact) mass is 464 g/mol. The van der Waals surface area contributed by atoms with Gasteiger partial charge in [-0.3, -0.25) is 9.78 Å². The van der Waals surface area contributed by atoms with Crippen molar-refractivity contribution < 1.29 is 18.7 Å². The largest absolute Gasteiger partial charge is 0.392 e. The van der Waals surface area contributed by atoms with Crippen molar-refractivity contribution in [1.82, 2.24) is 15.3 Å². The van der Waals surface area contributed by atoms with E-state index in [0.29, 0.717) is 29.7 Å². The van der Waals surface area contributed by atoms with E-state index in [2.05, 4.69) is 34.0 Å². The third kappa shape index (κ3) is 4.03. The Morgan fingerprint density at radius 3 is 2.62 bits per heavy atom. The third-order valence-corrected chi connectivity index (χ3v) is 6.76. The fourth-order valence-corrected chi connectivity index (χ4v) is 4.79. The quantitative estimate of drug-likeness (QED) is 0.613. The predicted octanol–water partition coefficient (Wildman–Crippen LogP) is 3.85. The molecule has 34 heavy (non-hydrogen) atoms. The van der Waals surface area contributed by atoms with E-state index in [4.69, 9.17) is 0 Å². The van der Waals surface area contributed by atoms with Crippen molar-refractivity contribution >= 4 is 11.6 Å². The summed E-state index contributed by atoms with van der Waals surface area (Å²) in [6.45, 7) is 5.80. The van der Waals surface area contributed by atoms with E-state index in [9.17, 15) is 18.7 Å². The SMILES string of the molecule is CC1(C)CN(c2ccc(Cc3cc(-c4c(F)cccc4F)nc4c3C(=O)NC4)nc2)CCC1O. The van der Waals surface area contributed by atoms with Crippen molar-refractivity contribution in [3.8, 4) is 11.3 Å². The molecule has 2 aliphatic rings. The van der Waals surface area contributed by atoms with Gasteiger partial charge in [-0.15, -0.1) is 0 Å². The van der Waals surface area contributed by atoms with Gasteiger partial charge in [0.2, 0.25) is 0 Å². The Kier molecular flexibility index (Phi) is 5.56. The number of piperidine rings is 1. The molecule has 1 saturated heterocycles. The van der Waals surface area contributed by atoms with Gasteiger partial charge in [-0.2, -0.15) is 0 Å². The Balaban J connectivity index is 1.46. The summed E-state index contributed by atoms with van der Waals surface area (Å²) in [5.74, 6) is -1.65. The summed E-state index contributed by atoms with van der Waals surface area (Å²) in [6.07, 6.45) is 2.49. The molecule has 0 bridgehead atoms. The number of nitrogens with zero attached hydrogens (tertiary/aromatic N) is 3. The van der Waals surface area contributed by atoms with E-state index in [-0.39, 0.29) is 35.2 Å². The zero-order valence-corrected chi connectivity index (χ0v) is 19.1. The Labute approximate surface area is 196 Å². The summed E-state index contributed by atoms with van der Waals surface area (Å²) < 4.78 is 28.9. The number of benzene rings is 1. The molecule has 4 heterocycles. The number of rotatable bonds is 4. The van der Waals surface area contributed by atoms with Gasteiger partial charge in [0.1, 0.15) is 11.6 Å². The van der Waals surface area contributed by atoms with Crippen molar-refractivity contribution in [2.45, 2.75) is 39.3 Å². The molecular formula is C26H26F2N4O2. The number of amides is 1. The van der Waals surface area contributed by atoms with Crippen LogP contribution in [0.4, 0.5) is 14.5 Å². The van der Waals surface area contributed by atoms with Gasteiger partial charge in [-0.05, 0) is 42.3 Å². The minimum absolute atomic E-state index is 0.159. The standard InChI is InChI=1S/C26H26F2N4O2/c1-26(2)14-32(9-8-22(26)33)17-7-6-16(29-12-17)10-15-11-20(24-18(27)4-3-5-19(24)28)31-21-13-30-25(34)23(15)21/h3-7,11-12,22,33H,8-10,13-14H2,1-2H3,(H,30,34). The molecule has 0 spiro atoms. The number of anilines is 1. The number of fused-ring (bicyclic) bond motifs is 1. The topological polar surface area (TPSA) is 78.4 Å². The maximum absolute atomic E-state index is 14.4. The number of carbonyl (C=O) groups is 1. The maximum atomic E-state index is 14.4. The normalized spacial score (nSPS) is 19.1. The second kappa shape index (κ2) is 8.43. The summed E-state index contributed by atoms with van der Waals surface area (Å²) in [6, 6.07) is 9.15. The summed E-state index contributed by atoms with van der Waals surface area (Å²) >= 11 is 0. The first-order valence-electron chi connectivity index (χ1n) is 11.4. The Morgan fingerprint density at radius 1 is 1.18 bits per heavy atom. The molecule has 1 unspecified atom stereocenters. The second-order valence-electron chi connectivity index (χ2n) is 9.67. The summed E-state index contributed by atoms with van der Waals surface area (Å²) in [5, 5.41) is 13.0. The minimum atomic E-state index is -0.701. The molecule has 1 fully saturated rings. The summed E-state index contributed by atoms with van der Waals surface area (Å²) in [7, 11) is 0. The molecular weight excluding hydrogens is 438 g/mol. The van der Waals surface area contributed by atoms with E-state index >= 15 is 0 Å². The van der Waals surface area contributed by atoms with Crippen LogP contribution in [-0.4, -0.2) is 40.2 Å². The lowest BCUT2D eigenvalue weighted by atomic mass is 9.81. The van der Waals surface area contributed by atoms with Gasteiger partial charge in [0, 0.05) is 30.6 Å². The third-order valence-electron chi connectivity index (χ3n) is 6.76.